The predicted octanol–water partition coefficient (Wildman–Crippen LogP) is 6.07. The molecular weight excluding hydrogens is 544 g/mol. The van der Waals surface area contributed by atoms with Crippen LogP contribution in [0.15, 0.2) is 49.3 Å². The lowest BCUT2D eigenvalue weighted by molar-refractivity contribution is -0.00368. The number of benzene rings is 1. The second-order valence-electron chi connectivity index (χ2n) is 11.6. The lowest BCUT2D eigenvalue weighted by atomic mass is 9.98. The lowest BCUT2D eigenvalue weighted by Gasteiger charge is -2.35. The zero-order valence-corrected chi connectivity index (χ0v) is 24.5. The van der Waals surface area contributed by atoms with E-state index in [1.54, 1.807) is 22.8 Å². The number of methoxy groups -OCH3 is 1. The zero-order valence-electron chi connectivity index (χ0n) is 24.5. The van der Waals surface area contributed by atoms with Crippen molar-refractivity contribution in [2.24, 2.45) is 5.92 Å². The minimum atomic E-state index is -1.82. The van der Waals surface area contributed by atoms with E-state index in [1.807, 2.05) is 18.3 Å². The van der Waals surface area contributed by atoms with Gasteiger partial charge >= 0.3 is 0 Å². The van der Waals surface area contributed by atoms with Crippen molar-refractivity contribution in [2.45, 2.75) is 57.7 Å². The summed E-state index contributed by atoms with van der Waals surface area (Å²) in [6.07, 6.45) is 3.87. The van der Waals surface area contributed by atoms with Crippen molar-refractivity contribution in [3.05, 3.63) is 54.9 Å². The van der Waals surface area contributed by atoms with Crippen molar-refractivity contribution in [3.8, 4) is 28.4 Å². The van der Waals surface area contributed by atoms with E-state index in [1.165, 1.54) is 7.11 Å². The van der Waals surface area contributed by atoms with Crippen LogP contribution in [0.5, 0.6) is 17.2 Å². The van der Waals surface area contributed by atoms with Crippen LogP contribution in [0.2, 0.25) is 0 Å². The number of hydrogen-bond acceptors (Lipinski definition) is 7. The molecule has 0 spiro atoms. The number of hydrogen-bond donors (Lipinski definition) is 0. The Kier molecular flexibility index (Phi) is 9.13. The molecule has 1 unspecified atom stereocenters. The molecule has 0 bridgehead atoms. The summed E-state index contributed by atoms with van der Waals surface area (Å²) >= 11 is 0. The van der Waals surface area contributed by atoms with Gasteiger partial charge in [0, 0.05) is 31.6 Å². The second kappa shape index (κ2) is 12.8. The molecule has 3 heterocycles. The van der Waals surface area contributed by atoms with Gasteiger partial charge in [-0.25, -0.2) is 8.91 Å². The van der Waals surface area contributed by atoms with E-state index >= 15 is 0 Å². The Labute approximate surface area is 245 Å². The molecule has 1 saturated carbocycles. The van der Waals surface area contributed by atoms with E-state index in [9.17, 15) is 13.6 Å². The number of alkyl halides is 2. The molecule has 2 fully saturated rings. The number of ether oxygens (including phenoxy) is 4. The third-order valence-electron chi connectivity index (χ3n) is 7.71. The highest BCUT2D eigenvalue weighted by atomic mass is 19.1. The quantitative estimate of drug-likeness (QED) is 0.168. The van der Waals surface area contributed by atoms with Gasteiger partial charge < -0.3 is 18.9 Å². The fourth-order valence-corrected chi connectivity index (χ4v) is 5.50. The number of fused-ring (bicyclic) bond motifs is 1. The van der Waals surface area contributed by atoms with Gasteiger partial charge in [-0.15, -0.1) is 0 Å². The van der Waals surface area contributed by atoms with Gasteiger partial charge in [0.15, 0.2) is 5.78 Å². The average molecular weight is 584 g/mol. The first-order valence-corrected chi connectivity index (χ1v) is 14.5. The fraction of sp³-hybridized carbons (Fsp3) is 0.500. The highest BCUT2D eigenvalue weighted by Crippen LogP contribution is 2.40. The summed E-state index contributed by atoms with van der Waals surface area (Å²) in [4.78, 5) is 15.6. The van der Waals surface area contributed by atoms with E-state index in [4.69, 9.17) is 18.9 Å². The van der Waals surface area contributed by atoms with Crippen molar-refractivity contribution < 1.29 is 32.5 Å². The first-order chi connectivity index (χ1) is 20.2. The smallest absolute Gasteiger partial charge is 0.257 e. The van der Waals surface area contributed by atoms with Crippen LogP contribution in [0.3, 0.4) is 0 Å². The number of nitrogens with zero attached hydrogens (tertiary/aromatic N) is 3. The molecule has 1 aliphatic heterocycles. The molecule has 226 valence electrons. The predicted molar refractivity (Wildman–Crippen MR) is 156 cm³/mol. The van der Waals surface area contributed by atoms with E-state index in [2.05, 4.69) is 30.4 Å². The maximum absolute atomic E-state index is 14.4. The topological polar surface area (TPSA) is 74.5 Å². The average Bonchev–Trinajstić information content (AvgIpc) is 3.50. The molecule has 10 heteroatoms. The highest BCUT2D eigenvalue weighted by molar-refractivity contribution is 6.02. The molecular formula is C32H39F2N3O5. The second-order valence-corrected chi connectivity index (χ2v) is 11.6. The number of carbonyl (C=O) groups excluding carboxylic acids is 1. The summed E-state index contributed by atoms with van der Waals surface area (Å²) in [5.41, 5.74) is 1.90. The Bertz CT molecular complexity index is 1420. The van der Waals surface area contributed by atoms with Crippen LogP contribution >= 0.6 is 0 Å². The van der Waals surface area contributed by atoms with Crippen LogP contribution in [-0.4, -0.2) is 78.4 Å². The van der Waals surface area contributed by atoms with E-state index in [-0.39, 0.29) is 35.2 Å². The summed E-state index contributed by atoms with van der Waals surface area (Å²) in [7, 11) is 1.45. The van der Waals surface area contributed by atoms with Crippen molar-refractivity contribution in [3.63, 3.8) is 0 Å². The summed E-state index contributed by atoms with van der Waals surface area (Å²) < 4.78 is 52.3. The van der Waals surface area contributed by atoms with Gasteiger partial charge in [0.05, 0.1) is 38.2 Å². The standard InChI is InChI=1S/C32H39F2N3O5/c1-5-30(34)41-29-17-22(16-28(39-4)31(29)27(38)8-6-7-21-15-25(21)33)24-18-35-37-19-23(9-10-26(24)37)42-32(2,3)20-36-11-13-40-14-12-36/h5,9-10,16-19,21,25,30H,1,6-8,11-15,20H2,2-4H3/t21-,25+,30?/m1/s1. The molecule has 8 nitrogen and oxygen atoms in total. The molecule has 1 saturated heterocycles. The van der Waals surface area contributed by atoms with Gasteiger partial charge in [-0.05, 0) is 74.9 Å². The molecule has 0 amide bonds. The Hall–Kier alpha value is -3.50. The molecule has 3 atom stereocenters. The normalized spacial score (nSPS) is 19.8. The Morgan fingerprint density at radius 1 is 1.26 bits per heavy atom. The molecule has 5 rings (SSSR count). The number of carbonyl (C=O) groups is 1. The molecule has 2 aliphatic rings. The van der Waals surface area contributed by atoms with E-state index in [0.717, 1.165) is 50.0 Å². The number of aromatic nitrogens is 2. The maximum atomic E-state index is 14.4. The Morgan fingerprint density at radius 2 is 2.00 bits per heavy atom. The Morgan fingerprint density at radius 3 is 2.69 bits per heavy atom. The fourth-order valence-electron chi connectivity index (χ4n) is 5.50. The summed E-state index contributed by atoms with van der Waals surface area (Å²) in [5, 5.41) is 4.53. The van der Waals surface area contributed by atoms with E-state index < -0.39 is 18.1 Å². The summed E-state index contributed by atoms with van der Waals surface area (Å²) in [6, 6.07) is 7.15. The third-order valence-corrected chi connectivity index (χ3v) is 7.71. The molecule has 2 aromatic heterocycles. The van der Waals surface area contributed by atoms with Gasteiger partial charge in [-0.1, -0.05) is 6.58 Å². The van der Waals surface area contributed by atoms with Gasteiger partial charge in [-0.2, -0.15) is 9.49 Å². The van der Waals surface area contributed by atoms with Crippen LogP contribution in [0.25, 0.3) is 16.6 Å². The van der Waals surface area contributed by atoms with Gasteiger partial charge in [0.2, 0.25) is 0 Å². The molecule has 1 aromatic carbocycles. The molecule has 3 aromatic rings. The number of morpholine rings is 1. The minimum Gasteiger partial charge on any atom is -0.496 e. The zero-order chi connectivity index (χ0) is 29.9. The van der Waals surface area contributed by atoms with E-state index in [0.29, 0.717) is 30.6 Å². The van der Waals surface area contributed by atoms with Crippen molar-refractivity contribution >= 4 is 11.3 Å². The molecule has 0 radical (unpaired) electrons. The van der Waals surface area contributed by atoms with Gasteiger partial charge in [0.1, 0.15) is 34.6 Å². The third kappa shape index (κ3) is 7.10. The monoisotopic (exact) mass is 583 g/mol. The lowest BCUT2D eigenvalue weighted by Crippen LogP contribution is -2.47. The minimum absolute atomic E-state index is 0.0335. The number of Topliss-reactive ketones (excluding diaryl/α,β-unsaturated/α-hetero) is 1. The van der Waals surface area contributed by atoms with Crippen molar-refractivity contribution in [1.29, 1.82) is 0 Å². The number of pyridine rings is 1. The SMILES string of the molecule is C=CC(F)Oc1cc(-c2cnn3cc(OC(C)(C)CN4CCOCC4)ccc23)cc(OC)c1C(=O)CCC[C@@H]1C[C@@H]1F. The largest absolute Gasteiger partial charge is 0.496 e. The summed E-state index contributed by atoms with van der Waals surface area (Å²) in [5.74, 6) is 0.783. The van der Waals surface area contributed by atoms with Crippen LogP contribution in [-0.2, 0) is 4.74 Å². The van der Waals surface area contributed by atoms with Crippen molar-refractivity contribution in [2.75, 3.05) is 40.0 Å². The van der Waals surface area contributed by atoms with Gasteiger partial charge in [0.25, 0.3) is 6.36 Å². The van der Waals surface area contributed by atoms with Crippen LogP contribution in [0.4, 0.5) is 8.78 Å². The highest BCUT2D eigenvalue weighted by Gasteiger charge is 2.36. The first-order valence-electron chi connectivity index (χ1n) is 14.5. The van der Waals surface area contributed by atoms with Crippen LogP contribution in [0, 0.1) is 5.92 Å². The van der Waals surface area contributed by atoms with Crippen molar-refractivity contribution in [1.82, 2.24) is 14.5 Å². The van der Waals surface area contributed by atoms with Crippen LogP contribution in [0.1, 0.15) is 49.9 Å². The molecule has 0 N–H and O–H groups in total. The molecule has 42 heavy (non-hydrogen) atoms. The maximum Gasteiger partial charge on any atom is 0.257 e. The Balaban J connectivity index is 1.39. The molecule has 1 aliphatic carbocycles. The van der Waals surface area contributed by atoms with Crippen LogP contribution < -0.4 is 14.2 Å². The summed E-state index contributed by atoms with van der Waals surface area (Å²) in [6.45, 7) is 11.5. The van der Waals surface area contributed by atoms with Gasteiger partial charge in [-0.3, -0.25) is 9.69 Å². The first kappa shape index (κ1) is 30.0. The number of halogens is 2. The number of ketones is 1. The number of rotatable bonds is 14.